The van der Waals surface area contributed by atoms with Gasteiger partial charge in [-0.05, 0) is 0 Å². The van der Waals surface area contributed by atoms with Crippen LogP contribution >= 0.6 is 0 Å². The minimum atomic E-state index is -4.67. The van der Waals surface area contributed by atoms with Crippen LogP contribution in [0.1, 0.15) is 0 Å². The maximum Gasteiger partial charge on any atom is 0.394 e. The Labute approximate surface area is 115 Å². The third-order valence-corrected chi connectivity index (χ3v) is 1.28. The van der Waals surface area contributed by atoms with Crippen molar-refractivity contribution in [1.29, 1.82) is 0 Å². The zero-order chi connectivity index (χ0) is 13.6. The number of hydrogen-bond donors (Lipinski definition) is 2. The molecule has 0 fully saturated rings. The maximum atomic E-state index is 10.2. The summed E-state index contributed by atoms with van der Waals surface area (Å²) in [5.41, 5.74) is -0.968. The molecule has 0 amide bonds. The number of para-hydroxylation sites is 2. The predicted octanol–water partition coefficient (Wildman–Crippen LogP) is 0.848. The van der Waals surface area contributed by atoms with Crippen LogP contribution < -0.4 is 0 Å². The summed E-state index contributed by atoms with van der Waals surface area (Å²) in [7, 11) is -4.67. The molecule has 104 valence electrons. The van der Waals surface area contributed by atoms with Gasteiger partial charge < -0.3 is 0 Å². The second-order valence-electron chi connectivity index (χ2n) is 2.45. The van der Waals surface area contributed by atoms with Gasteiger partial charge in [0.15, 0.2) is 0 Å². The second kappa shape index (κ2) is 7.82. The molecule has 1 rings (SSSR count). The van der Waals surface area contributed by atoms with Crippen molar-refractivity contribution in [2.75, 3.05) is 0 Å². The summed E-state index contributed by atoms with van der Waals surface area (Å²) >= 11 is 0. The van der Waals surface area contributed by atoms with Crippen molar-refractivity contribution in [2.45, 2.75) is 0 Å². The fourth-order valence-electron chi connectivity index (χ4n) is 0.773. The van der Waals surface area contributed by atoms with E-state index in [1.165, 1.54) is 12.1 Å². The van der Waals surface area contributed by atoms with Gasteiger partial charge in [0.05, 0.1) is 9.85 Å². The van der Waals surface area contributed by atoms with E-state index in [1.807, 2.05) is 0 Å². The molecule has 0 aliphatic carbocycles. The number of nitro benzene ring substituents is 2. The first kappa shape index (κ1) is 18.9. The molecular formula is C6H6N2O8PtS. The van der Waals surface area contributed by atoms with E-state index in [2.05, 4.69) is 0 Å². The number of hydrogen-bond acceptors (Lipinski definition) is 6. The van der Waals surface area contributed by atoms with Crippen molar-refractivity contribution in [2.24, 2.45) is 0 Å². The topological polar surface area (TPSA) is 161 Å². The van der Waals surface area contributed by atoms with Crippen molar-refractivity contribution in [3.63, 3.8) is 0 Å². The molecular weight excluding hydrogens is 455 g/mol. The molecule has 0 aliphatic heterocycles. The Kier molecular flexibility index (Phi) is 8.22. The van der Waals surface area contributed by atoms with E-state index < -0.39 is 31.6 Å². The Hall–Kier alpha value is -1.42. The molecule has 0 saturated carbocycles. The SMILES string of the molecule is O=S(=O)(O)O.O=[N+]([O-])c1ccccc1[N+](=O)[O-].[Pt]. The minimum Gasteiger partial charge on any atom is -0.264 e. The van der Waals surface area contributed by atoms with Gasteiger partial charge in [-0.3, -0.25) is 29.3 Å². The van der Waals surface area contributed by atoms with Crippen LogP contribution in [-0.4, -0.2) is 27.4 Å². The summed E-state index contributed by atoms with van der Waals surface area (Å²) in [4.78, 5) is 18.9. The maximum absolute atomic E-state index is 10.2. The van der Waals surface area contributed by atoms with E-state index in [9.17, 15) is 20.2 Å². The van der Waals surface area contributed by atoms with E-state index in [1.54, 1.807) is 0 Å². The molecule has 18 heavy (non-hydrogen) atoms. The Bertz CT molecular complexity index is 489. The van der Waals surface area contributed by atoms with E-state index >= 15 is 0 Å². The van der Waals surface area contributed by atoms with Crippen LogP contribution in [-0.2, 0) is 31.5 Å². The molecule has 1 aromatic carbocycles. The standard InChI is InChI=1S/C6H4N2O4.H2O4S.Pt/c9-7(10)5-3-1-2-4-6(5)8(11)12;1-5(2,3)4;/h1-4H;(H2,1,2,3,4);. The van der Waals surface area contributed by atoms with Crippen molar-refractivity contribution in [3.8, 4) is 0 Å². The molecule has 0 radical (unpaired) electrons. The average Bonchev–Trinajstić information content (AvgIpc) is 2.15. The summed E-state index contributed by atoms with van der Waals surface area (Å²) < 4.78 is 31.6. The van der Waals surface area contributed by atoms with Gasteiger partial charge in [0.2, 0.25) is 0 Å². The molecule has 0 bridgehead atoms. The summed E-state index contributed by atoms with van der Waals surface area (Å²) in [5, 5.41) is 20.5. The van der Waals surface area contributed by atoms with Crippen LogP contribution in [0.15, 0.2) is 24.3 Å². The summed E-state index contributed by atoms with van der Waals surface area (Å²) in [6, 6.07) is 4.95. The van der Waals surface area contributed by atoms with Crippen LogP contribution in [0, 0.1) is 20.2 Å². The Morgan fingerprint density at radius 1 is 0.944 bits per heavy atom. The van der Waals surface area contributed by atoms with Crippen molar-refractivity contribution in [3.05, 3.63) is 44.5 Å². The zero-order valence-corrected chi connectivity index (χ0v) is 11.4. The molecule has 0 spiro atoms. The number of nitro groups is 2. The third-order valence-electron chi connectivity index (χ3n) is 1.28. The van der Waals surface area contributed by atoms with E-state index in [0.717, 1.165) is 12.1 Å². The Morgan fingerprint density at radius 3 is 1.33 bits per heavy atom. The van der Waals surface area contributed by atoms with E-state index in [-0.39, 0.29) is 21.1 Å². The number of benzene rings is 1. The van der Waals surface area contributed by atoms with Gasteiger partial charge in [-0.2, -0.15) is 8.42 Å². The predicted molar refractivity (Wildman–Crippen MR) is 53.9 cm³/mol. The molecule has 2 N–H and O–H groups in total. The van der Waals surface area contributed by atoms with Crippen LogP contribution in [0.2, 0.25) is 0 Å². The van der Waals surface area contributed by atoms with Crippen LogP contribution in [0.3, 0.4) is 0 Å². The Morgan fingerprint density at radius 2 is 1.17 bits per heavy atom. The molecule has 0 aromatic heterocycles. The molecule has 0 saturated heterocycles. The molecule has 0 unspecified atom stereocenters. The van der Waals surface area contributed by atoms with Gasteiger partial charge in [0.1, 0.15) is 0 Å². The van der Waals surface area contributed by atoms with Crippen molar-refractivity contribution in [1.82, 2.24) is 0 Å². The first-order chi connectivity index (χ1) is 7.63. The molecule has 0 aliphatic rings. The molecule has 0 heterocycles. The Balaban J connectivity index is 0. The van der Waals surface area contributed by atoms with Gasteiger partial charge >= 0.3 is 21.8 Å². The fourth-order valence-corrected chi connectivity index (χ4v) is 0.773. The molecule has 10 nitrogen and oxygen atoms in total. The minimum absolute atomic E-state index is 0. The third kappa shape index (κ3) is 8.70. The molecule has 12 heteroatoms. The second-order valence-corrected chi connectivity index (χ2v) is 3.35. The first-order valence-corrected chi connectivity index (χ1v) is 5.10. The fraction of sp³-hybridized carbons (Fsp3) is 0. The van der Waals surface area contributed by atoms with Crippen molar-refractivity contribution < 1.29 is 48.4 Å². The van der Waals surface area contributed by atoms with Gasteiger partial charge in [-0.1, -0.05) is 12.1 Å². The van der Waals surface area contributed by atoms with E-state index in [4.69, 9.17) is 17.5 Å². The summed E-state index contributed by atoms with van der Waals surface area (Å²) in [6.45, 7) is 0. The monoisotopic (exact) mass is 461 g/mol. The number of rotatable bonds is 2. The van der Waals surface area contributed by atoms with Gasteiger partial charge in [-0.25, -0.2) is 0 Å². The van der Waals surface area contributed by atoms with Crippen molar-refractivity contribution >= 4 is 21.8 Å². The van der Waals surface area contributed by atoms with Crippen LogP contribution in [0.5, 0.6) is 0 Å². The van der Waals surface area contributed by atoms with Crippen LogP contribution in [0.4, 0.5) is 11.4 Å². The number of nitrogens with zero attached hydrogens (tertiary/aromatic N) is 2. The molecule has 0 atom stereocenters. The van der Waals surface area contributed by atoms with Gasteiger partial charge in [0, 0.05) is 33.2 Å². The quantitative estimate of drug-likeness (QED) is 0.372. The summed E-state index contributed by atoms with van der Waals surface area (Å²) in [6.07, 6.45) is 0. The van der Waals surface area contributed by atoms with Gasteiger partial charge in [0.25, 0.3) is 0 Å². The smallest absolute Gasteiger partial charge is 0.264 e. The normalized spacial score (nSPS) is 9.44. The van der Waals surface area contributed by atoms with E-state index in [0.29, 0.717) is 0 Å². The average molecular weight is 461 g/mol. The van der Waals surface area contributed by atoms with Crippen LogP contribution in [0.25, 0.3) is 0 Å². The van der Waals surface area contributed by atoms with Gasteiger partial charge in [-0.15, -0.1) is 0 Å². The zero-order valence-electron chi connectivity index (χ0n) is 8.27. The first-order valence-electron chi connectivity index (χ1n) is 3.70. The molecule has 1 aromatic rings. The summed E-state index contributed by atoms with van der Waals surface area (Å²) in [5.74, 6) is 0. The largest absolute Gasteiger partial charge is 0.394 e.